The van der Waals surface area contributed by atoms with Crippen LogP contribution < -0.4 is 5.11 Å². The van der Waals surface area contributed by atoms with Gasteiger partial charge in [-0.1, -0.05) is 6.92 Å². The second-order valence-electron chi connectivity index (χ2n) is 4.41. The maximum atomic E-state index is 10.0. The molecule has 0 fully saturated rings. The van der Waals surface area contributed by atoms with Gasteiger partial charge in [-0.3, -0.25) is 4.79 Å². The molecule has 0 aliphatic carbocycles. The predicted octanol–water partition coefficient (Wildman–Crippen LogP) is -0.489. The fourth-order valence-corrected chi connectivity index (χ4v) is 0.889. The molecular weight excluding hydrogens is 278 g/mol. The van der Waals surface area contributed by atoms with Gasteiger partial charge in [0.1, 0.15) is 12.6 Å². The molecule has 0 aromatic rings. The van der Waals surface area contributed by atoms with E-state index in [0.29, 0.717) is 17.4 Å². The lowest BCUT2D eigenvalue weighted by atomic mass is 10.2. The van der Waals surface area contributed by atoms with Crippen LogP contribution in [0.15, 0.2) is 0 Å². The number of halogens is 1. The zero-order valence-corrected chi connectivity index (χ0v) is 11.8. The zero-order chi connectivity index (χ0) is 13.4. The van der Waals surface area contributed by atoms with Crippen molar-refractivity contribution in [3.8, 4) is 0 Å². The van der Waals surface area contributed by atoms with Crippen LogP contribution in [-0.2, 0) is 9.59 Å². The molecule has 0 unspecified atom stereocenters. The smallest absolute Gasteiger partial charge is 0.197 e. The lowest BCUT2D eigenvalue weighted by molar-refractivity contribution is -0.873. The normalized spacial score (nSPS) is 12.4. The van der Waals surface area contributed by atoms with Gasteiger partial charge in [-0.05, 0) is 15.9 Å². The average molecular weight is 298 g/mol. The number of aliphatic carboxylic acids is 1. The first kappa shape index (κ1) is 17.9. The van der Waals surface area contributed by atoms with Crippen LogP contribution >= 0.6 is 15.9 Å². The lowest BCUT2D eigenvalue weighted by Gasteiger charge is -2.26. The Morgan fingerprint density at radius 3 is 1.94 bits per heavy atom. The number of hydrogen-bond acceptors (Lipinski definition) is 4. The van der Waals surface area contributed by atoms with Gasteiger partial charge < -0.3 is 19.5 Å². The van der Waals surface area contributed by atoms with Crippen molar-refractivity contribution >= 4 is 26.6 Å². The molecule has 0 amide bonds. The van der Waals surface area contributed by atoms with Crippen molar-refractivity contribution in [1.29, 1.82) is 0 Å². The summed E-state index contributed by atoms with van der Waals surface area (Å²) in [6.07, 6.45) is -0.504. The van der Waals surface area contributed by atoms with Gasteiger partial charge >= 0.3 is 0 Å². The maximum Gasteiger partial charge on any atom is 0.197 e. The highest BCUT2D eigenvalue weighted by Gasteiger charge is 2.14. The third kappa shape index (κ3) is 19.2. The van der Waals surface area contributed by atoms with E-state index in [4.69, 9.17) is 5.11 Å². The third-order valence-electron chi connectivity index (χ3n) is 1.44. The first-order valence-electron chi connectivity index (χ1n) is 4.95. The molecule has 0 aromatic carbocycles. The monoisotopic (exact) mass is 297 g/mol. The molecule has 1 N–H and O–H groups in total. The number of carboxylic acid groups (broad SMARTS) is 1. The van der Waals surface area contributed by atoms with Crippen LogP contribution in [-0.4, -0.2) is 54.0 Å². The highest BCUT2D eigenvalue weighted by Crippen LogP contribution is 1.97. The Labute approximate surface area is 105 Å². The number of quaternary nitrogens is 1. The van der Waals surface area contributed by atoms with Gasteiger partial charge in [0.05, 0.1) is 21.1 Å². The van der Waals surface area contributed by atoms with Crippen LogP contribution in [0.25, 0.3) is 0 Å². The van der Waals surface area contributed by atoms with E-state index in [1.54, 1.807) is 6.92 Å². The molecular formula is C10H20BrNO4. The topological polar surface area (TPSA) is 77.4 Å². The first-order valence-corrected chi connectivity index (χ1v) is 5.74. The molecule has 16 heavy (non-hydrogen) atoms. The molecule has 1 atom stereocenters. The summed E-state index contributed by atoms with van der Waals surface area (Å²) < 4.78 is 0.617. The molecule has 0 aliphatic rings. The molecule has 0 heterocycles. The number of nitrogens with zero attached hydrogens (tertiary/aromatic N) is 1. The van der Waals surface area contributed by atoms with Gasteiger partial charge in [-0.2, -0.15) is 0 Å². The Morgan fingerprint density at radius 2 is 1.75 bits per heavy atom. The van der Waals surface area contributed by atoms with E-state index in [1.807, 2.05) is 21.1 Å². The van der Waals surface area contributed by atoms with E-state index < -0.39 is 12.1 Å². The standard InChI is InChI=1S/C7H15NO3.C3H5BrO/c1-8(2,3)5-6(9)4-7(10)11;1-2-3(4)5/h6,9H,4-5H2,1-3H3;2H2,1H3/t6-;/m1./s1. The van der Waals surface area contributed by atoms with Crippen molar-refractivity contribution < 1.29 is 24.3 Å². The van der Waals surface area contributed by atoms with Crippen molar-refractivity contribution in [2.24, 2.45) is 0 Å². The summed E-state index contributed by atoms with van der Waals surface area (Å²) in [5, 5.41) is 19.1. The van der Waals surface area contributed by atoms with Crippen molar-refractivity contribution in [1.82, 2.24) is 0 Å². The number of aliphatic hydroxyl groups is 1. The molecule has 0 saturated carbocycles. The minimum absolute atomic E-state index is 0.0671. The van der Waals surface area contributed by atoms with Crippen LogP contribution in [0.5, 0.6) is 0 Å². The number of rotatable bonds is 5. The molecule has 0 saturated heterocycles. The van der Waals surface area contributed by atoms with E-state index in [1.165, 1.54) is 0 Å². The Hall–Kier alpha value is -0.460. The van der Waals surface area contributed by atoms with Crippen molar-refractivity contribution in [3.63, 3.8) is 0 Å². The summed E-state index contributed by atoms with van der Waals surface area (Å²) in [4.78, 5) is 19.7. The van der Waals surface area contributed by atoms with Gasteiger partial charge in [0.15, 0.2) is 4.69 Å². The molecule has 0 spiro atoms. The Morgan fingerprint density at radius 1 is 1.38 bits per heavy atom. The summed E-state index contributed by atoms with van der Waals surface area (Å²) in [5.74, 6) is -1.20. The second kappa shape index (κ2) is 8.66. The van der Waals surface area contributed by atoms with E-state index in [9.17, 15) is 14.7 Å². The fraction of sp³-hybridized carbons (Fsp3) is 0.800. The molecule has 5 nitrogen and oxygen atoms in total. The minimum atomic E-state index is -1.20. The van der Waals surface area contributed by atoms with Crippen LogP contribution in [0, 0.1) is 0 Å². The van der Waals surface area contributed by atoms with Crippen LogP contribution in [0.2, 0.25) is 0 Å². The molecule has 6 heteroatoms. The number of aliphatic hydroxyl groups excluding tert-OH is 1. The van der Waals surface area contributed by atoms with Crippen molar-refractivity contribution in [3.05, 3.63) is 0 Å². The molecule has 0 radical (unpaired) electrons. The zero-order valence-electron chi connectivity index (χ0n) is 10.2. The number of carbonyl (C=O) groups excluding carboxylic acids is 2. The summed E-state index contributed by atoms with van der Waals surface area (Å²) in [7, 11) is 5.66. The average Bonchev–Trinajstić information content (AvgIpc) is 1.99. The van der Waals surface area contributed by atoms with Crippen LogP contribution in [0.1, 0.15) is 19.8 Å². The third-order valence-corrected chi connectivity index (χ3v) is 2.00. The summed E-state index contributed by atoms with van der Waals surface area (Å²) in [5.41, 5.74) is 0. The SMILES string of the molecule is CCC(=O)Br.C[N+](C)(C)C[C@H](O)CC(=O)[O-]. The largest absolute Gasteiger partial charge is 0.550 e. The quantitative estimate of drug-likeness (QED) is 0.549. The Bertz CT molecular complexity index is 225. The van der Waals surface area contributed by atoms with E-state index in [2.05, 4.69) is 15.9 Å². The van der Waals surface area contributed by atoms with Gasteiger partial charge in [-0.25, -0.2) is 0 Å². The van der Waals surface area contributed by atoms with Crippen molar-refractivity contribution in [2.75, 3.05) is 27.7 Å². The molecule has 96 valence electrons. The number of carboxylic acids is 1. The van der Waals surface area contributed by atoms with E-state index in [-0.39, 0.29) is 11.1 Å². The molecule has 0 aromatic heterocycles. The van der Waals surface area contributed by atoms with E-state index >= 15 is 0 Å². The first-order chi connectivity index (χ1) is 7.08. The number of carbonyl (C=O) groups is 2. The van der Waals surface area contributed by atoms with E-state index in [0.717, 1.165) is 0 Å². The maximum absolute atomic E-state index is 10.0. The lowest BCUT2D eigenvalue weighted by Crippen LogP contribution is -2.43. The molecule has 0 rings (SSSR count). The summed E-state index contributed by atoms with van der Waals surface area (Å²) in [6.45, 7) is 2.23. The highest BCUT2D eigenvalue weighted by molar-refractivity contribution is 9.18. The molecule has 0 aliphatic heterocycles. The fourth-order valence-electron chi connectivity index (χ4n) is 0.889. The number of likely N-dealkylation sites (N-methyl/N-ethyl adjacent to an activating group) is 1. The van der Waals surface area contributed by atoms with Crippen LogP contribution in [0.3, 0.4) is 0 Å². The summed E-state index contributed by atoms with van der Waals surface area (Å²) >= 11 is 2.73. The van der Waals surface area contributed by atoms with Crippen LogP contribution in [0.4, 0.5) is 0 Å². The van der Waals surface area contributed by atoms with Gasteiger partial charge in [-0.15, -0.1) is 0 Å². The van der Waals surface area contributed by atoms with Gasteiger partial charge in [0.2, 0.25) is 0 Å². The Kier molecular flexibility index (Phi) is 9.70. The highest BCUT2D eigenvalue weighted by atomic mass is 79.9. The summed E-state index contributed by atoms with van der Waals surface area (Å²) in [6, 6.07) is 0. The minimum Gasteiger partial charge on any atom is -0.550 e. The van der Waals surface area contributed by atoms with Gasteiger partial charge in [0, 0.05) is 18.8 Å². The molecule has 0 bridgehead atoms. The predicted molar refractivity (Wildman–Crippen MR) is 62.8 cm³/mol. The Balaban J connectivity index is 0. The van der Waals surface area contributed by atoms with Gasteiger partial charge in [0.25, 0.3) is 0 Å². The van der Waals surface area contributed by atoms with Crippen molar-refractivity contribution in [2.45, 2.75) is 25.9 Å². The second-order valence-corrected chi connectivity index (χ2v) is 5.30. The number of hydrogen-bond donors (Lipinski definition) is 1.